The topological polar surface area (TPSA) is 50.2 Å². The number of carbonyl (C=O) groups is 1. The van der Waals surface area contributed by atoms with Crippen LogP contribution in [0.3, 0.4) is 0 Å². The number of hydrogen-bond acceptors (Lipinski definition) is 2. The fourth-order valence-electron chi connectivity index (χ4n) is 1.68. The molecule has 0 fully saturated rings. The first-order chi connectivity index (χ1) is 8.91. The van der Waals surface area contributed by atoms with Gasteiger partial charge in [0, 0.05) is 45.5 Å². The standard InChI is InChI=1S/C14H26N4O/c1-11(2)12(3)16-14(19)18(5)9-6-7-13-15-8-10-17(13)4/h8,10-12H,6-7,9H2,1-5H3,(H,16,19)/t12-/m1/s1. The highest BCUT2D eigenvalue weighted by molar-refractivity contribution is 5.74. The molecule has 0 aromatic carbocycles. The van der Waals surface area contributed by atoms with Crippen LogP contribution in [0.4, 0.5) is 4.79 Å². The van der Waals surface area contributed by atoms with Gasteiger partial charge in [0.2, 0.25) is 0 Å². The van der Waals surface area contributed by atoms with Gasteiger partial charge in [-0.15, -0.1) is 0 Å². The molecular weight excluding hydrogens is 240 g/mol. The molecule has 0 saturated carbocycles. The van der Waals surface area contributed by atoms with E-state index in [9.17, 15) is 4.79 Å². The summed E-state index contributed by atoms with van der Waals surface area (Å²) < 4.78 is 2.01. The molecule has 0 aliphatic heterocycles. The van der Waals surface area contributed by atoms with Crippen molar-refractivity contribution in [1.82, 2.24) is 19.8 Å². The molecule has 0 bridgehead atoms. The van der Waals surface area contributed by atoms with Gasteiger partial charge < -0.3 is 14.8 Å². The van der Waals surface area contributed by atoms with Gasteiger partial charge >= 0.3 is 6.03 Å². The second kappa shape index (κ2) is 7.16. The zero-order valence-electron chi connectivity index (χ0n) is 12.7. The highest BCUT2D eigenvalue weighted by Gasteiger charge is 2.14. The highest BCUT2D eigenvalue weighted by atomic mass is 16.2. The Labute approximate surface area is 116 Å². The Morgan fingerprint density at radius 1 is 1.47 bits per heavy atom. The van der Waals surface area contributed by atoms with E-state index in [0.717, 1.165) is 25.2 Å². The first-order valence-corrected chi connectivity index (χ1v) is 6.89. The predicted octanol–water partition coefficient (Wildman–Crippen LogP) is 2.04. The lowest BCUT2D eigenvalue weighted by molar-refractivity contribution is 0.201. The number of nitrogens with zero attached hydrogens (tertiary/aromatic N) is 3. The summed E-state index contributed by atoms with van der Waals surface area (Å²) in [6.45, 7) is 6.98. The first kappa shape index (κ1) is 15.5. The summed E-state index contributed by atoms with van der Waals surface area (Å²) in [5.74, 6) is 1.51. The zero-order chi connectivity index (χ0) is 14.4. The molecule has 19 heavy (non-hydrogen) atoms. The van der Waals surface area contributed by atoms with E-state index >= 15 is 0 Å². The van der Waals surface area contributed by atoms with Crippen molar-refractivity contribution >= 4 is 6.03 Å². The van der Waals surface area contributed by atoms with E-state index < -0.39 is 0 Å². The maximum atomic E-state index is 11.9. The molecular formula is C14H26N4O. The van der Waals surface area contributed by atoms with Crippen LogP contribution in [0.2, 0.25) is 0 Å². The van der Waals surface area contributed by atoms with Crippen LogP contribution in [-0.2, 0) is 13.5 Å². The van der Waals surface area contributed by atoms with Crippen LogP contribution in [0.1, 0.15) is 33.0 Å². The van der Waals surface area contributed by atoms with E-state index in [1.54, 1.807) is 11.1 Å². The Kier molecular flexibility index (Phi) is 5.86. The molecule has 1 aromatic heterocycles. The number of imidazole rings is 1. The van der Waals surface area contributed by atoms with E-state index in [1.165, 1.54) is 0 Å². The first-order valence-electron chi connectivity index (χ1n) is 6.89. The molecule has 0 aliphatic rings. The molecule has 1 heterocycles. The van der Waals surface area contributed by atoms with Crippen molar-refractivity contribution in [2.24, 2.45) is 13.0 Å². The van der Waals surface area contributed by atoms with Crippen LogP contribution in [-0.4, -0.2) is 40.1 Å². The molecule has 1 atom stereocenters. The maximum Gasteiger partial charge on any atom is 0.317 e. The monoisotopic (exact) mass is 266 g/mol. The number of amides is 2. The van der Waals surface area contributed by atoms with E-state index in [4.69, 9.17) is 0 Å². The van der Waals surface area contributed by atoms with E-state index in [1.807, 2.05) is 31.8 Å². The number of aromatic nitrogens is 2. The van der Waals surface area contributed by atoms with Crippen LogP contribution < -0.4 is 5.32 Å². The molecule has 0 saturated heterocycles. The lowest BCUT2D eigenvalue weighted by Crippen LogP contribution is -2.44. The average Bonchev–Trinajstić information content (AvgIpc) is 2.74. The summed E-state index contributed by atoms with van der Waals surface area (Å²) in [5, 5.41) is 3.00. The third-order valence-electron chi connectivity index (χ3n) is 3.51. The third kappa shape index (κ3) is 4.93. The summed E-state index contributed by atoms with van der Waals surface area (Å²) in [6, 6.07) is 0.200. The number of rotatable bonds is 6. The predicted molar refractivity (Wildman–Crippen MR) is 77.0 cm³/mol. The minimum Gasteiger partial charge on any atom is -0.338 e. The summed E-state index contributed by atoms with van der Waals surface area (Å²) >= 11 is 0. The smallest absolute Gasteiger partial charge is 0.317 e. The summed E-state index contributed by atoms with van der Waals surface area (Å²) in [7, 11) is 3.82. The number of carbonyl (C=O) groups excluding carboxylic acids is 1. The van der Waals surface area contributed by atoms with E-state index in [-0.39, 0.29) is 12.1 Å². The molecule has 1 N–H and O–H groups in total. The zero-order valence-corrected chi connectivity index (χ0v) is 12.7. The molecule has 1 aromatic rings. The molecule has 108 valence electrons. The van der Waals surface area contributed by atoms with E-state index in [2.05, 4.69) is 24.1 Å². The number of aryl methyl sites for hydroxylation is 2. The van der Waals surface area contributed by atoms with Gasteiger partial charge in [-0.3, -0.25) is 0 Å². The van der Waals surface area contributed by atoms with Crippen LogP contribution in [0.15, 0.2) is 12.4 Å². The lowest BCUT2D eigenvalue weighted by atomic mass is 10.1. The van der Waals surface area contributed by atoms with Crippen molar-refractivity contribution in [1.29, 1.82) is 0 Å². The summed E-state index contributed by atoms with van der Waals surface area (Å²) in [5.41, 5.74) is 0. The number of nitrogens with one attached hydrogen (secondary N) is 1. The minimum atomic E-state index is 0.000963. The van der Waals surface area contributed by atoms with Gasteiger partial charge in [0.25, 0.3) is 0 Å². The van der Waals surface area contributed by atoms with Gasteiger partial charge in [-0.05, 0) is 19.3 Å². The second-order valence-electron chi connectivity index (χ2n) is 5.46. The molecule has 2 amide bonds. The van der Waals surface area contributed by atoms with Crippen molar-refractivity contribution in [2.75, 3.05) is 13.6 Å². The van der Waals surface area contributed by atoms with Gasteiger partial charge in [0.15, 0.2) is 0 Å². The number of urea groups is 1. The Hall–Kier alpha value is -1.52. The summed E-state index contributed by atoms with van der Waals surface area (Å²) in [4.78, 5) is 17.9. The number of hydrogen-bond donors (Lipinski definition) is 1. The fraction of sp³-hybridized carbons (Fsp3) is 0.714. The van der Waals surface area contributed by atoms with Gasteiger partial charge in [-0.25, -0.2) is 9.78 Å². The Morgan fingerprint density at radius 3 is 2.68 bits per heavy atom. The SMILES string of the molecule is CC(C)[C@@H](C)NC(=O)N(C)CCCc1nccn1C. The Bertz CT molecular complexity index is 400. The molecule has 1 rings (SSSR count). The fourth-order valence-corrected chi connectivity index (χ4v) is 1.68. The van der Waals surface area contributed by atoms with Crippen molar-refractivity contribution in [3.63, 3.8) is 0 Å². The molecule has 5 heteroatoms. The summed E-state index contributed by atoms with van der Waals surface area (Å²) in [6.07, 6.45) is 5.55. The average molecular weight is 266 g/mol. The second-order valence-corrected chi connectivity index (χ2v) is 5.46. The molecule has 0 radical (unpaired) electrons. The Morgan fingerprint density at radius 2 is 2.16 bits per heavy atom. The van der Waals surface area contributed by atoms with Crippen LogP contribution in [0.25, 0.3) is 0 Å². The lowest BCUT2D eigenvalue weighted by Gasteiger charge is -2.23. The normalized spacial score (nSPS) is 12.5. The van der Waals surface area contributed by atoms with Crippen molar-refractivity contribution < 1.29 is 4.79 Å². The van der Waals surface area contributed by atoms with Crippen molar-refractivity contribution in [2.45, 2.75) is 39.7 Å². The van der Waals surface area contributed by atoms with Gasteiger partial charge in [0.1, 0.15) is 5.82 Å². The molecule has 0 unspecified atom stereocenters. The minimum absolute atomic E-state index is 0.000963. The quantitative estimate of drug-likeness (QED) is 0.856. The van der Waals surface area contributed by atoms with Crippen LogP contribution in [0, 0.1) is 5.92 Å². The van der Waals surface area contributed by atoms with Crippen molar-refractivity contribution in [3.8, 4) is 0 Å². The third-order valence-corrected chi connectivity index (χ3v) is 3.51. The Balaban J connectivity index is 2.29. The van der Waals surface area contributed by atoms with Gasteiger partial charge in [-0.1, -0.05) is 13.8 Å². The highest BCUT2D eigenvalue weighted by Crippen LogP contribution is 2.03. The van der Waals surface area contributed by atoms with Gasteiger partial charge in [-0.2, -0.15) is 0 Å². The van der Waals surface area contributed by atoms with E-state index in [0.29, 0.717) is 5.92 Å². The van der Waals surface area contributed by atoms with Gasteiger partial charge in [0.05, 0.1) is 0 Å². The van der Waals surface area contributed by atoms with Crippen molar-refractivity contribution in [3.05, 3.63) is 18.2 Å². The van der Waals surface area contributed by atoms with Crippen LogP contribution in [0.5, 0.6) is 0 Å². The largest absolute Gasteiger partial charge is 0.338 e. The maximum absolute atomic E-state index is 11.9. The van der Waals surface area contributed by atoms with Crippen LogP contribution >= 0.6 is 0 Å². The molecule has 5 nitrogen and oxygen atoms in total. The molecule has 0 spiro atoms. The molecule has 0 aliphatic carbocycles.